The van der Waals surface area contributed by atoms with E-state index in [1.165, 1.54) is 27.4 Å². The van der Waals surface area contributed by atoms with Crippen molar-refractivity contribution in [2.45, 2.75) is 13.3 Å². The lowest BCUT2D eigenvalue weighted by atomic mass is 10.1. The first-order chi connectivity index (χ1) is 12.2. The van der Waals surface area contributed by atoms with Crippen molar-refractivity contribution in [1.82, 2.24) is 9.38 Å². The number of aromatic nitrogens is 2. The first-order valence-corrected chi connectivity index (χ1v) is 8.79. The Morgan fingerprint density at radius 3 is 2.68 bits per heavy atom. The number of anilines is 1. The number of imidazole rings is 1. The second-order valence-corrected chi connectivity index (χ2v) is 6.68. The molecule has 0 saturated carbocycles. The van der Waals surface area contributed by atoms with E-state index in [1.54, 1.807) is 0 Å². The number of carbonyl (C=O) groups excluding carboxylic acids is 1. The fraction of sp³-hybridized carbons (Fsp3) is 0.105. The highest BCUT2D eigenvalue weighted by Crippen LogP contribution is 2.20. The van der Waals surface area contributed by atoms with Crippen LogP contribution in [0, 0.1) is 0 Å². The normalized spacial score (nSPS) is 11.1. The van der Waals surface area contributed by atoms with E-state index in [-0.39, 0.29) is 11.5 Å². The Kier molecular flexibility index (Phi) is 3.82. The summed E-state index contributed by atoms with van der Waals surface area (Å²) in [4.78, 5) is 30.3. The minimum atomic E-state index is -0.305. The molecule has 2 heterocycles. The van der Waals surface area contributed by atoms with Crippen LogP contribution in [-0.4, -0.2) is 15.3 Å². The van der Waals surface area contributed by atoms with Crippen molar-refractivity contribution in [3.05, 3.63) is 75.4 Å². The standard InChI is InChI=1S/C19H15N3O2S/c1-2-12-7-9-13(10-8-12)20-18(24)16-11-17(23)22-15-6-4-3-5-14(15)21-19(22)25-16/h3-11H,2H2,1H3,(H,20,24). The molecule has 0 aliphatic heterocycles. The molecule has 124 valence electrons. The van der Waals surface area contributed by atoms with Crippen molar-refractivity contribution in [3.63, 3.8) is 0 Å². The van der Waals surface area contributed by atoms with Crippen molar-refractivity contribution >= 4 is 38.9 Å². The molecule has 0 bridgehead atoms. The van der Waals surface area contributed by atoms with Gasteiger partial charge in [-0.3, -0.25) is 14.0 Å². The van der Waals surface area contributed by atoms with Crippen molar-refractivity contribution in [3.8, 4) is 0 Å². The highest BCUT2D eigenvalue weighted by atomic mass is 32.1. The number of rotatable bonds is 3. The molecule has 0 atom stereocenters. The van der Waals surface area contributed by atoms with Crippen LogP contribution in [0.25, 0.3) is 16.0 Å². The maximum Gasteiger partial charge on any atom is 0.266 e. The average molecular weight is 349 g/mol. The maximum absolute atomic E-state index is 12.5. The Morgan fingerprint density at radius 1 is 1.16 bits per heavy atom. The number of aryl methyl sites for hydroxylation is 1. The third-order valence-electron chi connectivity index (χ3n) is 4.05. The van der Waals surface area contributed by atoms with E-state index in [4.69, 9.17) is 0 Å². The third-order valence-corrected chi connectivity index (χ3v) is 5.03. The van der Waals surface area contributed by atoms with Crippen LogP contribution in [0.2, 0.25) is 0 Å². The van der Waals surface area contributed by atoms with Gasteiger partial charge < -0.3 is 5.32 Å². The van der Waals surface area contributed by atoms with Crippen LogP contribution >= 0.6 is 11.3 Å². The van der Waals surface area contributed by atoms with Gasteiger partial charge in [-0.25, -0.2) is 4.98 Å². The molecule has 0 radical (unpaired) electrons. The molecule has 1 N–H and O–H groups in total. The molecule has 2 aromatic heterocycles. The van der Waals surface area contributed by atoms with E-state index >= 15 is 0 Å². The van der Waals surface area contributed by atoms with Gasteiger partial charge in [0.25, 0.3) is 11.5 Å². The van der Waals surface area contributed by atoms with Gasteiger partial charge in [0.15, 0.2) is 4.96 Å². The summed E-state index contributed by atoms with van der Waals surface area (Å²) >= 11 is 1.20. The van der Waals surface area contributed by atoms with Crippen molar-refractivity contribution in [2.75, 3.05) is 5.32 Å². The second-order valence-electron chi connectivity index (χ2n) is 5.67. The lowest BCUT2D eigenvalue weighted by Crippen LogP contribution is -2.17. The molecule has 0 spiro atoms. The fourth-order valence-corrected chi connectivity index (χ4v) is 3.64. The van der Waals surface area contributed by atoms with Gasteiger partial charge in [0.2, 0.25) is 0 Å². The van der Waals surface area contributed by atoms with Gasteiger partial charge in [0.05, 0.1) is 11.0 Å². The summed E-state index contributed by atoms with van der Waals surface area (Å²) in [6.07, 6.45) is 0.944. The van der Waals surface area contributed by atoms with Gasteiger partial charge >= 0.3 is 0 Å². The van der Waals surface area contributed by atoms with Gasteiger partial charge in [0, 0.05) is 11.8 Å². The largest absolute Gasteiger partial charge is 0.321 e. The van der Waals surface area contributed by atoms with E-state index in [0.717, 1.165) is 17.5 Å². The molecule has 0 unspecified atom stereocenters. The monoisotopic (exact) mass is 349 g/mol. The predicted octanol–water partition coefficient (Wildman–Crippen LogP) is 3.72. The zero-order valence-corrected chi connectivity index (χ0v) is 14.3. The van der Waals surface area contributed by atoms with E-state index in [1.807, 2.05) is 48.5 Å². The first-order valence-electron chi connectivity index (χ1n) is 7.97. The molecule has 0 saturated heterocycles. The number of hydrogen-bond acceptors (Lipinski definition) is 4. The molecule has 0 aliphatic rings. The quantitative estimate of drug-likeness (QED) is 0.613. The van der Waals surface area contributed by atoms with Gasteiger partial charge in [-0.1, -0.05) is 42.5 Å². The van der Waals surface area contributed by atoms with E-state index in [0.29, 0.717) is 15.5 Å². The number of carbonyl (C=O) groups is 1. The summed E-state index contributed by atoms with van der Waals surface area (Å²) in [6, 6.07) is 16.5. The molecule has 4 rings (SSSR count). The van der Waals surface area contributed by atoms with E-state index in [2.05, 4.69) is 17.2 Å². The molecule has 1 amide bonds. The molecular formula is C19H15N3O2S. The molecule has 6 heteroatoms. The van der Waals surface area contributed by atoms with Crippen LogP contribution in [0.5, 0.6) is 0 Å². The summed E-state index contributed by atoms with van der Waals surface area (Å²) in [6.45, 7) is 2.08. The second kappa shape index (κ2) is 6.14. The molecule has 5 nitrogen and oxygen atoms in total. The lowest BCUT2D eigenvalue weighted by Gasteiger charge is -2.05. The smallest absolute Gasteiger partial charge is 0.266 e. The van der Waals surface area contributed by atoms with Gasteiger partial charge in [0.1, 0.15) is 4.88 Å². The summed E-state index contributed by atoms with van der Waals surface area (Å²) in [5.74, 6) is -0.305. The summed E-state index contributed by atoms with van der Waals surface area (Å²) in [7, 11) is 0. The molecule has 0 fully saturated rings. The summed E-state index contributed by atoms with van der Waals surface area (Å²) in [5, 5.41) is 2.83. The van der Waals surface area contributed by atoms with Crippen molar-refractivity contribution in [2.24, 2.45) is 0 Å². The number of fused-ring (bicyclic) bond motifs is 3. The Morgan fingerprint density at radius 2 is 1.92 bits per heavy atom. The zero-order valence-electron chi connectivity index (χ0n) is 13.5. The number of amides is 1. The van der Waals surface area contributed by atoms with Crippen molar-refractivity contribution in [1.29, 1.82) is 0 Å². The summed E-state index contributed by atoms with van der Waals surface area (Å²) in [5.41, 5.74) is 3.14. The fourth-order valence-electron chi connectivity index (χ4n) is 2.72. The minimum absolute atomic E-state index is 0.256. The minimum Gasteiger partial charge on any atom is -0.321 e. The lowest BCUT2D eigenvalue weighted by molar-refractivity contribution is 0.103. The number of para-hydroxylation sites is 2. The van der Waals surface area contributed by atoms with Crippen LogP contribution in [-0.2, 0) is 6.42 Å². The number of hydrogen-bond donors (Lipinski definition) is 1. The van der Waals surface area contributed by atoms with Crippen LogP contribution in [0.15, 0.2) is 59.4 Å². The van der Waals surface area contributed by atoms with Gasteiger partial charge in [-0.05, 0) is 36.2 Å². The van der Waals surface area contributed by atoms with Crippen LogP contribution in [0.4, 0.5) is 5.69 Å². The molecular weight excluding hydrogens is 334 g/mol. The molecule has 0 aliphatic carbocycles. The third kappa shape index (κ3) is 2.81. The summed E-state index contributed by atoms with van der Waals surface area (Å²) < 4.78 is 1.53. The van der Waals surface area contributed by atoms with E-state index < -0.39 is 0 Å². The van der Waals surface area contributed by atoms with Crippen LogP contribution in [0.1, 0.15) is 22.2 Å². The molecule has 25 heavy (non-hydrogen) atoms. The van der Waals surface area contributed by atoms with E-state index in [9.17, 15) is 9.59 Å². The molecule has 4 aromatic rings. The van der Waals surface area contributed by atoms with Gasteiger partial charge in [-0.2, -0.15) is 0 Å². The number of nitrogens with zero attached hydrogens (tertiary/aromatic N) is 2. The van der Waals surface area contributed by atoms with Crippen LogP contribution < -0.4 is 10.9 Å². The molecule has 2 aromatic carbocycles. The average Bonchev–Trinajstić information content (AvgIpc) is 3.01. The zero-order chi connectivity index (χ0) is 17.4. The Labute approximate surface area is 147 Å². The number of nitrogens with one attached hydrogen (secondary N) is 1. The first kappa shape index (κ1) is 15.5. The maximum atomic E-state index is 12.5. The Balaban J connectivity index is 1.71. The SMILES string of the molecule is CCc1ccc(NC(=O)c2cc(=O)n3c(nc4ccccc43)s2)cc1. The topological polar surface area (TPSA) is 63.5 Å². The van der Waals surface area contributed by atoms with Gasteiger partial charge in [-0.15, -0.1) is 0 Å². The highest BCUT2D eigenvalue weighted by molar-refractivity contribution is 7.18. The Hall–Kier alpha value is -2.99. The van der Waals surface area contributed by atoms with Crippen LogP contribution in [0.3, 0.4) is 0 Å². The predicted molar refractivity (Wildman–Crippen MR) is 101 cm³/mol. The highest BCUT2D eigenvalue weighted by Gasteiger charge is 2.14. The Bertz CT molecular complexity index is 1140. The number of benzene rings is 2. The van der Waals surface area contributed by atoms with Crippen molar-refractivity contribution < 1.29 is 4.79 Å².